The van der Waals surface area contributed by atoms with Crippen LogP contribution < -0.4 is 5.32 Å². The Kier molecular flexibility index (Phi) is 4.04. The summed E-state index contributed by atoms with van der Waals surface area (Å²) in [6.07, 6.45) is 2.48. The molecular weight excluding hydrogens is 273 g/mol. The number of benzene rings is 2. The number of hydrogen-bond donors (Lipinski definition) is 1. The third-order valence-electron chi connectivity index (χ3n) is 3.77. The van der Waals surface area contributed by atoms with Gasteiger partial charge in [0, 0.05) is 23.2 Å². The van der Waals surface area contributed by atoms with Crippen molar-refractivity contribution in [3.8, 4) is 0 Å². The van der Waals surface area contributed by atoms with Gasteiger partial charge in [-0.3, -0.25) is 0 Å². The van der Waals surface area contributed by atoms with Gasteiger partial charge in [0.15, 0.2) is 0 Å². The zero-order valence-corrected chi connectivity index (χ0v) is 11.9. The van der Waals surface area contributed by atoms with Gasteiger partial charge < -0.3 is 5.32 Å². The van der Waals surface area contributed by atoms with Crippen LogP contribution in [-0.2, 0) is 6.54 Å². The fourth-order valence-corrected chi connectivity index (χ4v) is 2.74. The molecule has 0 spiro atoms. The van der Waals surface area contributed by atoms with E-state index in [2.05, 4.69) is 17.4 Å². The smallest absolute Gasteiger partial charge is 0.127 e. The standard InChI is InChI=1S/C17H17ClFN/c18-15-8-9-16(19)14(10-15)11-20-17(13-6-7-13)12-4-2-1-3-5-12/h1-5,8-10,13,17,20H,6-7,11H2. The zero-order chi connectivity index (χ0) is 13.9. The molecule has 3 heteroatoms. The summed E-state index contributed by atoms with van der Waals surface area (Å²) in [5.41, 5.74) is 1.90. The van der Waals surface area contributed by atoms with Crippen LogP contribution >= 0.6 is 11.6 Å². The van der Waals surface area contributed by atoms with Gasteiger partial charge in [-0.2, -0.15) is 0 Å². The summed E-state index contributed by atoms with van der Waals surface area (Å²) < 4.78 is 13.7. The second-order valence-electron chi connectivity index (χ2n) is 5.34. The van der Waals surface area contributed by atoms with Gasteiger partial charge >= 0.3 is 0 Å². The van der Waals surface area contributed by atoms with Gasteiger partial charge in [-0.15, -0.1) is 0 Å². The van der Waals surface area contributed by atoms with Gasteiger partial charge in [-0.1, -0.05) is 41.9 Å². The van der Waals surface area contributed by atoms with E-state index in [1.54, 1.807) is 12.1 Å². The lowest BCUT2D eigenvalue weighted by Crippen LogP contribution is -2.23. The van der Waals surface area contributed by atoms with Crippen molar-refractivity contribution in [1.82, 2.24) is 5.32 Å². The van der Waals surface area contributed by atoms with E-state index in [-0.39, 0.29) is 5.82 Å². The summed E-state index contributed by atoms with van der Waals surface area (Å²) in [6, 6.07) is 15.4. The van der Waals surface area contributed by atoms with Crippen molar-refractivity contribution in [3.63, 3.8) is 0 Å². The molecule has 2 aromatic carbocycles. The minimum Gasteiger partial charge on any atom is -0.306 e. The average Bonchev–Trinajstić information content (AvgIpc) is 3.29. The van der Waals surface area contributed by atoms with E-state index >= 15 is 0 Å². The average molecular weight is 290 g/mol. The van der Waals surface area contributed by atoms with Crippen molar-refractivity contribution < 1.29 is 4.39 Å². The lowest BCUT2D eigenvalue weighted by atomic mass is 10.0. The van der Waals surface area contributed by atoms with Crippen LogP contribution in [0, 0.1) is 11.7 Å². The molecule has 104 valence electrons. The first-order valence-corrected chi connectivity index (χ1v) is 7.34. The van der Waals surface area contributed by atoms with Crippen molar-refractivity contribution in [2.24, 2.45) is 5.92 Å². The van der Waals surface area contributed by atoms with E-state index in [4.69, 9.17) is 11.6 Å². The third kappa shape index (κ3) is 3.20. The topological polar surface area (TPSA) is 12.0 Å². The lowest BCUT2D eigenvalue weighted by molar-refractivity contribution is 0.471. The van der Waals surface area contributed by atoms with Gasteiger partial charge in [-0.25, -0.2) is 4.39 Å². The Hall–Kier alpha value is -1.38. The lowest BCUT2D eigenvalue weighted by Gasteiger charge is -2.19. The van der Waals surface area contributed by atoms with Crippen molar-refractivity contribution in [3.05, 3.63) is 70.5 Å². The summed E-state index contributed by atoms with van der Waals surface area (Å²) in [5, 5.41) is 4.06. The molecule has 1 aliphatic carbocycles. The molecule has 1 nitrogen and oxygen atoms in total. The second kappa shape index (κ2) is 5.94. The number of halogens is 2. The van der Waals surface area contributed by atoms with Crippen LogP contribution in [0.2, 0.25) is 5.02 Å². The van der Waals surface area contributed by atoms with Crippen LogP contribution in [-0.4, -0.2) is 0 Å². The molecule has 0 saturated heterocycles. The van der Waals surface area contributed by atoms with Crippen LogP contribution in [0.15, 0.2) is 48.5 Å². The molecule has 3 rings (SSSR count). The molecule has 0 bridgehead atoms. The van der Waals surface area contributed by atoms with E-state index in [0.717, 1.165) is 0 Å². The molecule has 1 unspecified atom stereocenters. The highest BCUT2D eigenvalue weighted by molar-refractivity contribution is 6.30. The molecule has 1 atom stereocenters. The molecule has 20 heavy (non-hydrogen) atoms. The summed E-state index contributed by atoms with van der Waals surface area (Å²) in [7, 11) is 0. The van der Waals surface area contributed by atoms with E-state index in [9.17, 15) is 4.39 Å². The van der Waals surface area contributed by atoms with E-state index in [1.165, 1.54) is 24.5 Å². The summed E-state index contributed by atoms with van der Waals surface area (Å²) in [4.78, 5) is 0. The minimum absolute atomic E-state index is 0.204. The molecule has 0 radical (unpaired) electrons. The predicted octanol–water partition coefficient (Wildman–Crippen LogP) is 4.72. The number of hydrogen-bond acceptors (Lipinski definition) is 1. The monoisotopic (exact) mass is 289 g/mol. The summed E-state index contributed by atoms with van der Waals surface area (Å²) in [5.74, 6) is 0.462. The maximum atomic E-state index is 13.7. The maximum absolute atomic E-state index is 13.7. The molecule has 2 aromatic rings. The molecule has 0 aromatic heterocycles. The van der Waals surface area contributed by atoms with Gasteiger partial charge in [0.2, 0.25) is 0 Å². The highest BCUT2D eigenvalue weighted by Crippen LogP contribution is 2.41. The fraction of sp³-hybridized carbons (Fsp3) is 0.294. The Balaban J connectivity index is 1.73. The molecule has 1 aliphatic rings. The Morgan fingerprint density at radius 3 is 2.60 bits per heavy atom. The van der Waals surface area contributed by atoms with Gasteiger partial charge in [0.1, 0.15) is 5.82 Å². The van der Waals surface area contributed by atoms with Crippen molar-refractivity contribution >= 4 is 11.6 Å². The minimum atomic E-state index is -0.204. The molecule has 1 N–H and O–H groups in total. The van der Waals surface area contributed by atoms with Crippen LogP contribution in [0.3, 0.4) is 0 Å². The first kappa shape index (κ1) is 13.6. The highest BCUT2D eigenvalue weighted by atomic mass is 35.5. The van der Waals surface area contributed by atoms with Gasteiger partial charge in [0.25, 0.3) is 0 Å². The summed E-state index contributed by atoms with van der Waals surface area (Å²) in [6.45, 7) is 0.502. The van der Waals surface area contributed by atoms with E-state index in [0.29, 0.717) is 29.1 Å². The largest absolute Gasteiger partial charge is 0.306 e. The molecular formula is C17H17ClFN. The zero-order valence-electron chi connectivity index (χ0n) is 11.2. The van der Waals surface area contributed by atoms with Crippen LogP contribution in [0.25, 0.3) is 0 Å². The SMILES string of the molecule is Fc1ccc(Cl)cc1CNC(c1ccccc1)C1CC1. The number of nitrogens with one attached hydrogen (secondary N) is 1. The van der Waals surface area contributed by atoms with Crippen molar-refractivity contribution in [2.75, 3.05) is 0 Å². The Labute approximate surface area is 123 Å². The first-order valence-electron chi connectivity index (χ1n) is 6.96. The predicted molar refractivity (Wildman–Crippen MR) is 80.2 cm³/mol. The Morgan fingerprint density at radius 2 is 1.90 bits per heavy atom. The quantitative estimate of drug-likeness (QED) is 0.840. The Bertz CT molecular complexity index is 581. The molecule has 1 fully saturated rings. The fourth-order valence-electron chi connectivity index (χ4n) is 2.55. The maximum Gasteiger partial charge on any atom is 0.127 e. The Morgan fingerprint density at radius 1 is 1.15 bits per heavy atom. The van der Waals surface area contributed by atoms with Crippen LogP contribution in [0.4, 0.5) is 4.39 Å². The first-order chi connectivity index (χ1) is 9.74. The molecule has 0 aliphatic heterocycles. The highest BCUT2D eigenvalue weighted by Gasteiger charge is 2.31. The van der Waals surface area contributed by atoms with Crippen LogP contribution in [0.5, 0.6) is 0 Å². The van der Waals surface area contributed by atoms with Crippen LogP contribution in [0.1, 0.15) is 30.0 Å². The van der Waals surface area contributed by atoms with Gasteiger partial charge in [0.05, 0.1) is 0 Å². The van der Waals surface area contributed by atoms with Crippen molar-refractivity contribution in [1.29, 1.82) is 0 Å². The summed E-state index contributed by atoms with van der Waals surface area (Å²) >= 11 is 5.93. The second-order valence-corrected chi connectivity index (χ2v) is 5.78. The number of rotatable bonds is 5. The third-order valence-corrected chi connectivity index (χ3v) is 4.01. The molecule has 1 saturated carbocycles. The van der Waals surface area contributed by atoms with Gasteiger partial charge in [-0.05, 0) is 42.5 Å². The molecule has 0 amide bonds. The van der Waals surface area contributed by atoms with Crippen molar-refractivity contribution in [2.45, 2.75) is 25.4 Å². The van der Waals surface area contributed by atoms with E-state index in [1.807, 2.05) is 18.2 Å². The molecule has 0 heterocycles. The van der Waals surface area contributed by atoms with E-state index < -0.39 is 0 Å². The normalized spacial score (nSPS) is 16.1.